The minimum absolute atomic E-state index is 0.0462. The molecule has 1 heterocycles. The van der Waals surface area contributed by atoms with E-state index >= 15 is 0 Å². The van der Waals surface area contributed by atoms with Crippen molar-refractivity contribution in [2.45, 2.75) is 38.3 Å². The average Bonchev–Trinajstić information content (AvgIpc) is 2.96. The van der Waals surface area contributed by atoms with Crippen LogP contribution in [-0.4, -0.2) is 18.1 Å². The van der Waals surface area contributed by atoms with Gasteiger partial charge in [-0.1, -0.05) is 0 Å². The van der Waals surface area contributed by atoms with Crippen molar-refractivity contribution in [3.63, 3.8) is 0 Å². The Morgan fingerprint density at radius 3 is 3.00 bits per heavy atom. The van der Waals surface area contributed by atoms with Gasteiger partial charge in [0.1, 0.15) is 11.9 Å². The van der Waals surface area contributed by atoms with Gasteiger partial charge in [-0.15, -0.1) is 0 Å². The molecule has 16 heavy (non-hydrogen) atoms. The Bertz CT molecular complexity index is 438. The van der Waals surface area contributed by atoms with E-state index in [2.05, 4.69) is 5.32 Å². The van der Waals surface area contributed by atoms with E-state index in [1.54, 1.807) is 0 Å². The summed E-state index contributed by atoms with van der Waals surface area (Å²) in [7, 11) is 0. The average molecular weight is 217 g/mol. The first kappa shape index (κ1) is 9.70. The second-order valence-corrected chi connectivity index (χ2v) is 4.70. The van der Waals surface area contributed by atoms with Gasteiger partial charge in [0.05, 0.1) is 0 Å². The molecular formula is C13H15NO2. The van der Waals surface area contributed by atoms with Crippen molar-refractivity contribution in [3.8, 4) is 5.75 Å². The summed E-state index contributed by atoms with van der Waals surface area (Å²) < 4.78 is 5.60. The molecule has 0 saturated heterocycles. The fourth-order valence-corrected chi connectivity index (χ4v) is 2.06. The predicted molar refractivity (Wildman–Crippen MR) is 60.7 cm³/mol. The van der Waals surface area contributed by atoms with Gasteiger partial charge >= 0.3 is 0 Å². The largest absolute Gasteiger partial charge is 0.490 e. The number of hydrogen-bond acceptors (Lipinski definition) is 2. The van der Waals surface area contributed by atoms with Gasteiger partial charge < -0.3 is 10.1 Å². The van der Waals surface area contributed by atoms with E-state index in [1.807, 2.05) is 25.1 Å². The van der Waals surface area contributed by atoms with Gasteiger partial charge in [0.15, 0.2) is 0 Å². The highest BCUT2D eigenvalue weighted by molar-refractivity contribution is 5.95. The molecule has 0 bridgehead atoms. The number of benzene rings is 1. The van der Waals surface area contributed by atoms with Gasteiger partial charge in [-0.2, -0.15) is 0 Å². The number of ether oxygens (including phenoxy) is 1. The molecule has 1 aromatic rings. The summed E-state index contributed by atoms with van der Waals surface area (Å²) in [5.74, 6) is 0.973. The minimum atomic E-state index is 0.0462. The Morgan fingerprint density at radius 1 is 1.44 bits per heavy atom. The number of amides is 1. The molecule has 0 radical (unpaired) electrons. The van der Waals surface area contributed by atoms with Crippen LogP contribution in [0.1, 0.15) is 35.7 Å². The number of rotatable bonds is 2. The highest BCUT2D eigenvalue weighted by atomic mass is 16.5. The first-order valence-electron chi connectivity index (χ1n) is 5.83. The van der Waals surface area contributed by atoms with Crippen LogP contribution in [0.4, 0.5) is 0 Å². The monoisotopic (exact) mass is 217 g/mol. The third-order valence-electron chi connectivity index (χ3n) is 3.07. The van der Waals surface area contributed by atoms with Gasteiger partial charge in [-0.3, -0.25) is 4.79 Å². The van der Waals surface area contributed by atoms with Crippen molar-refractivity contribution in [1.29, 1.82) is 0 Å². The van der Waals surface area contributed by atoms with Crippen LogP contribution in [0, 0.1) is 0 Å². The van der Waals surface area contributed by atoms with Crippen LogP contribution in [0.3, 0.4) is 0 Å². The Hall–Kier alpha value is -1.51. The Morgan fingerprint density at radius 2 is 2.25 bits per heavy atom. The molecule has 1 fully saturated rings. The van der Waals surface area contributed by atoms with Crippen LogP contribution >= 0.6 is 0 Å². The smallest absolute Gasteiger partial charge is 0.251 e. The summed E-state index contributed by atoms with van der Waals surface area (Å²) in [4.78, 5) is 11.8. The summed E-state index contributed by atoms with van der Waals surface area (Å²) in [6.07, 6.45) is 3.38. The summed E-state index contributed by atoms with van der Waals surface area (Å²) >= 11 is 0. The lowest BCUT2D eigenvalue weighted by atomic mass is 10.1. The lowest BCUT2D eigenvalue weighted by Crippen LogP contribution is -2.25. The quantitative estimate of drug-likeness (QED) is 0.821. The number of carbonyl (C=O) groups excluding carboxylic acids is 1. The normalized spacial score (nSPS) is 22.4. The maximum absolute atomic E-state index is 11.8. The molecule has 3 nitrogen and oxygen atoms in total. The van der Waals surface area contributed by atoms with E-state index in [0.29, 0.717) is 6.04 Å². The molecule has 1 atom stereocenters. The van der Waals surface area contributed by atoms with Crippen LogP contribution in [0.5, 0.6) is 5.75 Å². The molecule has 1 aliphatic carbocycles. The van der Waals surface area contributed by atoms with E-state index in [4.69, 9.17) is 4.74 Å². The summed E-state index contributed by atoms with van der Waals surface area (Å²) in [5.41, 5.74) is 1.90. The maximum atomic E-state index is 11.8. The summed E-state index contributed by atoms with van der Waals surface area (Å²) in [6.45, 7) is 2.05. The lowest BCUT2D eigenvalue weighted by Gasteiger charge is -2.05. The van der Waals surface area contributed by atoms with E-state index < -0.39 is 0 Å². The van der Waals surface area contributed by atoms with Gasteiger partial charge in [-0.05, 0) is 43.5 Å². The summed E-state index contributed by atoms with van der Waals surface area (Å²) in [6, 6.07) is 6.11. The first-order valence-corrected chi connectivity index (χ1v) is 5.83. The maximum Gasteiger partial charge on any atom is 0.251 e. The van der Waals surface area contributed by atoms with E-state index in [-0.39, 0.29) is 12.0 Å². The highest BCUT2D eigenvalue weighted by Crippen LogP contribution is 2.29. The number of hydrogen-bond donors (Lipinski definition) is 1. The second kappa shape index (κ2) is 3.51. The minimum Gasteiger partial charge on any atom is -0.490 e. The van der Waals surface area contributed by atoms with Crippen LogP contribution in [0.2, 0.25) is 0 Å². The van der Waals surface area contributed by atoms with Gasteiger partial charge in [0, 0.05) is 18.0 Å². The Kier molecular flexibility index (Phi) is 2.13. The second-order valence-electron chi connectivity index (χ2n) is 4.70. The highest BCUT2D eigenvalue weighted by Gasteiger charge is 2.25. The topological polar surface area (TPSA) is 38.3 Å². The molecule has 2 aliphatic rings. The summed E-state index contributed by atoms with van der Waals surface area (Å²) in [5, 5.41) is 2.99. The van der Waals surface area contributed by atoms with Crippen LogP contribution in [0.15, 0.2) is 18.2 Å². The molecule has 3 rings (SSSR count). The molecule has 3 heteroatoms. The fraction of sp³-hybridized carbons (Fsp3) is 0.462. The molecule has 1 aliphatic heterocycles. The number of fused-ring (bicyclic) bond motifs is 1. The molecular weight excluding hydrogens is 202 g/mol. The molecule has 0 spiro atoms. The molecule has 1 N–H and O–H groups in total. The molecule has 1 unspecified atom stereocenters. The SMILES string of the molecule is CC1Cc2cc(C(=O)NC3CC3)ccc2O1. The van der Waals surface area contributed by atoms with E-state index in [1.165, 1.54) is 0 Å². The van der Waals surface area contributed by atoms with Crippen molar-refractivity contribution in [2.24, 2.45) is 0 Å². The third kappa shape index (κ3) is 1.77. The lowest BCUT2D eigenvalue weighted by molar-refractivity contribution is 0.0951. The van der Waals surface area contributed by atoms with Crippen LogP contribution in [-0.2, 0) is 6.42 Å². The van der Waals surface area contributed by atoms with Gasteiger partial charge in [-0.25, -0.2) is 0 Å². The first-order chi connectivity index (χ1) is 7.72. The van der Waals surface area contributed by atoms with Crippen LogP contribution in [0.25, 0.3) is 0 Å². The van der Waals surface area contributed by atoms with Crippen molar-refractivity contribution in [3.05, 3.63) is 29.3 Å². The molecule has 1 saturated carbocycles. The van der Waals surface area contributed by atoms with E-state index in [9.17, 15) is 4.79 Å². The van der Waals surface area contributed by atoms with Crippen molar-refractivity contribution >= 4 is 5.91 Å². The Balaban J connectivity index is 1.81. The zero-order valence-electron chi connectivity index (χ0n) is 9.32. The zero-order valence-corrected chi connectivity index (χ0v) is 9.32. The van der Waals surface area contributed by atoms with Gasteiger partial charge in [0.2, 0.25) is 0 Å². The van der Waals surface area contributed by atoms with Crippen molar-refractivity contribution in [2.75, 3.05) is 0 Å². The third-order valence-corrected chi connectivity index (χ3v) is 3.07. The predicted octanol–water partition coefficient (Wildman–Crippen LogP) is 1.90. The molecule has 84 valence electrons. The standard InChI is InChI=1S/C13H15NO2/c1-8-6-10-7-9(2-5-12(10)16-8)13(15)14-11-3-4-11/h2,5,7-8,11H,3-4,6H2,1H3,(H,14,15). The zero-order chi connectivity index (χ0) is 11.1. The number of nitrogens with one attached hydrogen (secondary N) is 1. The van der Waals surface area contributed by atoms with E-state index in [0.717, 1.165) is 36.1 Å². The fourth-order valence-electron chi connectivity index (χ4n) is 2.06. The van der Waals surface area contributed by atoms with Gasteiger partial charge in [0.25, 0.3) is 5.91 Å². The van der Waals surface area contributed by atoms with Crippen molar-refractivity contribution in [1.82, 2.24) is 5.32 Å². The van der Waals surface area contributed by atoms with Crippen LogP contribution < -0.4 is 10.1 Å². The Labute approximate surface area is 94.8 Å². The molecule has 1 aromatic carbocycles. The number of carbonyl (C=O) groups is 1. The molecule has 1 amide bonds. The van der Waals surface area contributed by atoms with Crippen molar-refractivity contribution < 1.29 is 9.53 Å². The molecule has 0 aromatic heterocycles.